The summed E-state index contributed by atoms with van der Waals surface area (Å²) >= 11 is 4.55. The number of allylic oxidation sites excluding steroid dienone is 1. The number of benzene rings is 2. The van der Waals surface area contributed by atoms with Crippen LogP contribution in [0.1, 0.15) is 5.01 Å². The van der Waals surface area contributed by atoms with E-state index in [1.807, 2.05) is 12.1 Å². The predicted molar refractivity (Wildman–Crippen MR) is 128 cm³/mol. The van der Waals surface area contributed by atoms with Crippen LogP contribution in [-0.2, 0) is 0 Å². The van der Waals surface area contributed by atoms with Crippen molar-refractivity contribution in [1.29, 1.82) is 5.26 Å². The topological polar surface area (TPSA) is 131 Å². The number of halogens is 1. The van der Waals surface area contributed by atoms with Crippen LogP contribution < -0.4 is 15.7 Å². The second-order valence-electron chi connectivity index (χ2n) is 6.62. The number of nitro groups is 1. The quantitative estimate of drug-likeness (QED) is 0.150. The largest absolute Gasteiger partial charge is 0.496 e. The number of hydrogen-bond donors (Lipinski definition) is 1. The summed E-state index contributed by atoms with van der Waals surface area (Å²) in [5.74, 6) is 0.336. The fraction of sp³-hybridized carbons (Fsp3) is 0.0455. The second kappa shape index (κ2) is 9.23. The molecule has 0 amide bonds. The highest BCUT2D eigenvalue weighted by molar-refractivity contribution is 9.10. The SMILES string of the molecule is COc1ccc(N/C=C(\C#N)c2nc(-c3cc4cc(Br)ccc4oc3=O)cs2)c([N+](=O)[O-])c1. The number of aromatic nitrogens is 1. The molecule has 4 aromatic rings. The van der Waals surface area contributed by atoms with Gasteiger partial charge in [-0.3, -0.25) is 10.1 Å². The monoisotopic (exact) mass is 524 g/mol. The molecule has 2 heterocycles. The van der Waals surface area contributed by atoms with Gasteiger partial charge in [0.15, 0.2) is 0 Å². The Balaban J connectivity index is 1.67. The molecule has 0 aliphatic heterocycles. The van der Waals surface area contributed by atoms with Crippen LogP contribution in [0.2, 0.25) is 0 Å². The van der Waals surface area contributed by atoms with E-state index in [2.05, 4.69) is 26.2 Å². The Morgan fingerprint density at radius 2 is 2.15 bits per heavy atom. The Kier molecular flexibility index (Phi) is 6.21. The van der Waals surface area contributed by atoms with Crippen LogP contribution >= 0.6 is 27.3 Å². The number of ether oxygens (including phenoxy) is 1. The van der Waals surface area contributed by atoms with Crippen LogP contribution in [0, 0.1) is 21.4 Å². The van der Waals surface area contributed by atoms with Crippen molar-refractivity contribution >= 4 is 55.2 Å². The van der Waals surface area contributed by atoms with Crippen LogP contribution in [0.5, 0.6) is 5.75 Å². The van der Waals surface area contributed by atoms with Crippen molar-refractivity contribution < 1.29 is 14.1 Å². The molecule has 33 heavy (non-hydrogen) atoms. The van der Waals surface area contributed by atoms with E-state index in [1.54, 1.807) is 29.6 Å². The zero-order valence-corrected chi connectivity index (χ0v) is 19.3. The van der Waals surface area contributed by atoms with Crippen molar-refractivity contribution in [2.24, 2.45) is 0 Å². The molecule has 2 aromatic heterocycles. The summed E-state index contributed by atoms with van der Waals surface area (Å²) in [5.41, 5.74) is 0.654. The molecule has 0 atom stereocenters. The lowest BCUT2D eigenvalue weighted by Gasteiger charge is -2.05. The summed E-state index contributed by atoms with van der Waals surface area (Å²) in [4.78, 5) is 27.7. The average molecular weight is 525 g/mol. The van der Waals surface area contributed by atoms with Crippen molar-refractivity contribution in [3.8, 4) is 23.1 Å². The predicted octanol–water partition coefficient (Wildman–Crippen LogP) is 5.57. The van der Waals surface area contributed by atoms with Crippen LogP contribution in [0.3, 0.4) is 0 Å². The summed E-state index contributed by atoms with van der Waals surface area (Å²) < 4.78 is 11.2. The molecule has 0 radical (unpaired) electrons. The van der Waals surface area contributed by atoms with E-state index >= 15 is 0 Å². The average Bonchev–Trinajstić information content (AvgIpc) is 3.29. The summed E-state index contributed by atoms with van der Waals surface area (Å²) in [6.07, 6.45) is 1.33. The Morgan fingerprint density at radius 1 is 1.33 bits per heavy atom. The van der Waals surface area contributed by atoms with Gasteiger partial charge >= 0.3 is 5.63 Å². The Bertz CT molecular complexity index is 1520. The first-order valence-corrected chi connectivity index (χ1v) is 11.0. The highest BCUT2D eigenvalue weighted by Gasteiger charge is 2.17. The van der Waals surface area contributed by atoms with E-state index in [9.17, 15) is 20.2 Å². The van der Waals surface area contributed by atoms with E-state index in [4.69, 9.17) is 9.15 Å². The minimum atomic E-state index is -0.552. The number of thiazole rings is 1. The molecule has 0 saturated carbocycles. The van der Waals surface area contributed by atoms with Crippen molar-refractivity contribution in [1.82, 2.24) is 4.98 Å². The van der Waals surface area contributed by atoms with Gasteiger partial charge in [-0.1, -0.05) is 15.9 Å². The molecule has 0 aliphatic rings. The lowest BCUT2D eigenvalue weighted by atomic mass is 10.1. The molecule has 2 aromatic carbocycles. The Hall–Kier alpha value is -4.01. The fourth-order valence-electron chi connectivity index (χ4n) is 3.00. The van der Waals surface area contributed by atoms with E-state index in [1.165, 1.54) is 25.4 Å². The van der Waals surface area contributed by atoms with Crippen LogP contribution in [0.25, 0.3) is 27.8 Å². The van der Waals surface area contributed by atoms with Gasteiger partial charge in [0.2, 0.25) is 0 Å². The number of nitrogens with one attached hydrogen (secondary N) is 1. The summed E-state index contributed by atoms with van der Waals surface area (Å²) in [5, 5.41) is 26.4. The fourth-order valence-corrected chi connectivity index (χ4v) is 4.16. The van der Waals surface area contributed by atoms with Gasteiger partial charge in [0.1, 0.15) is 33.7 Å². The number of anilines is 1. The van der Waals surface area contributed by atoms with E-state index in [0.717, 1.165) is 21.2 Å². The molecular weight excluding hydrogens is 512 g/mol. The maximum Gasteiger partial charge on any atom is 0.345 e. The second-order valence-corrected chi connectivity index (χ2v) is 8.40. The minimum absolute atomic E-state index is 0.143. The summed E-state index contributed by atoms with van der Waals surface area (Å²) in [7, 11) is 1.41. The van der Waals surface area contributed by atoms with Gasteiger partial charge in [0.25, 0.3) is 5.69 Å². The molecule has 1 N–H and O–H groups in total. The molecule has 0 spiro atoms. The molecule has 0 aliphatic carbocycles. The normalized spacial score (nSPS) is 11.2. The highest BCUT2D eigenvalue weighted by atomic mass is 79.9. The van der Waals surface area contributed by atoms with Gasteiger partial charge < -0.3 is 14.5 Å². The lowest BCUT2D eigenvalue weighted by Crippen LogP contribution is -2.03. The van der Waals surface area contributed by atoms with Gasteiger partial charge in [0.05, 0.1) is 29.4 Å². The Labute approximate surface area is 198 Å². The summed E-state index contributed by atoms with van der Waals surface area (Å²) in [6, 6.07) is 13.3. The van der Waals surface area contributed by atoms with Crippen LogP contribution in [0.15, 0.2) is 67.7 Å². The first-order chi connectivity index (χ1) is 15.9. The molecule has 164 valence electrons. The maximum atomic E-state index is 12.5. The minimum Gasteiger partial charge on any atom is -0.496 e. The zero-order valence-electron chi connectivity index (χ0n) is 16.9. The number of nitrogens with zero attached hydrogens (tertiary/aromatic N) is 3. The number of hydrogen-bond acceptors (Lipinski definition) is 9. The van der Waals surface area contributed by atoms with Gasteiger partial charge in [-0.25, -0.2) is 9.78 Å². The zero-order chi connectivity index (χ0) is 23.5. The van der Waals surface area contributed by atoms with Gasteiger partial charge in [-0.05, 0) is 36.4 Å². The molecule has 11 heteroatoms. The molecule has 4 rings (SSSR count). The third kappa shape index (κ3) is 4.62. The molecule has 0 fully saturated rings. The maximum absolute atomic E-state index is 12.5. The van der Waals surface area contributed by atoms with Gasteiger partial charge in [-0.15, -0.1) is 11.3 Å². The van der Waals surface area contributed by atoms with Crippen molar-refractivity contribution in [2.75, 3.05) is 12.4 Å². The number of methoxy groups -OCH3 is 1. The third-order valence-electron chi connectivity index (χ3n) is 4.60. The summed E-state index contributed by atoms with van der Waals surface area (Å²) in [6.45, 7) is 0. The lowest BCUT2D eigenvalue weighted by molar-refractivity contribution is -0.384. The number of fused-ring (bicyclic) bond motifs is 1. The molecular formula is C22H13BrN4O5S. The van der Waals surface area contributed by atoms with Crippen LogP contribution in [0.4, 0.5) is 11.4 Å². The van der Waals surface area contributed by atoms with Crippen molar-refractivity contribution in [3.63, 3.8) is 0 Å². The molecule has 0 saturated heterocycles. The van der Waals surface area contributed by atoms with E-state index < -0.39 is 10.5 Å². The smallest absolute Gasteiger partial charge is 0.345 e. The molecule has 0 unspecified atom stereocenters. The third-order valence-corrected chi connectivity index (χ3v) is 5.97. The first kappa shape index (κ1) is 22.2. The number of nitro benzene ring substituents is 1. The van der Waals surface area contributed by atoms with Crippen LogP contribution in [-0.4, -0.2) is 17.0 Å². The van der Waals surface area contributed by atoms with Gasteiger partial charge in [-0.2, -0.15) is 5.26 Å². The molecule has 9 nitrogen and oxygen atoms in total. The van der Waals surface area contributed by atoms with Crippen molar-refractivity contribution in [3.05, 3.63) is 84.1 Å². The first-order valence-electron chi connectivity index (χ1n) is 9.28. The standard InChI is InChI=1S/C22H13BrN4O5S/c1-31-15-3-4-17(19(8-15)27(29)30)25-10-13(9-24)21-26-18(11-33-21)16-7-12-6-14(23)2-5-20(12)32-22(16)28/h2-8,10-11,25H,1H3/b13-10+. The van der Waals surface area contributed by atoms with Crippen molar-refractivity contribution in [2.45, 2.75) is 0 Å². The molecule has 0 bridgehead atoms. The number of nitriles is 1. The van der Waals surface area contributed by atoms with Gasteiger partial charge in [0, 0.05) is 21.4 Å². The Morgan fingerprint density at radius 3 is 2.88 bits per heavy atom. The van der Waals surface area contributed by atoms with E-state index in [0.29, 0.717) is 22.0 Å². The highest BCUT2D eigenvalue weighted by Crippen LogP contribution is 2.31. The number of rotatable bonds is 6. The van der Waals surface area contributed by atoms with E-state index in [-0.39, 0.29) is 22.5 Å².